The molecule has 1 aromatic heterocycles. The van der Waals surface area contributed by atoms with Gasteiger partial charge in [-0.25, -0.2) is 4.39 Å². The molecule has 2 aromatic rings. The summed E-state index contributed by atoms with van der Waals surface area (Å²) in [6.45, 7) is 0.646. The highest BCUT2D eigenvalue weighted by molar-refractivity contribution is 5.83. The number of hydrogen-bond donors (Lipinski definition) is 2. The van der Waals surface area contributed by atoms with Crippen LogP contribution in [0.5, 0.6) is 0 Å². The summed E-state index contributed by atoms with van der Waals surface area (Å²) < 4.78 is 13.1. The van der Waals surface area contributed by atoms with Crippen LogP contribution in [0.1, 0.15) is 18.4 Å². The highest BCUT2D eigenvalue weighted by Crippen LogP contribution is 2.25. The smallest absolute Gasteiger partial charge is 0.191 e. The van der Waals surface area contributed by atoms with Crippen molar-refractivity contribution in [3.63, 3.8) is 0 Å². The van der Waals surface area contributed by atoms with Crippen molar-refractivity contribution in [2.45, 2.75) is 25.3 Å². The number of nitrogens with zero attached hydrogens (tertiary/aromatic N) is 2. The number of guanidine groups is 1. The molecule has 1 aliphatic rings. The van der Waals surface area contributed by atoms with E-state index in [1.165, 1.54) is 25.0 Å². The van der Waals surface area contributed by atoms with Gasteiger partial charge in [-0.1, -0.05) is 0 Å². The van der Waals surface area contributed by atoms with Crippen molar-refractivity contribution in [3.05, 3.63) is 35.8 Å². The van der Waals surface area contributed by atoms with Gasteiger partial charge in [0.1, 0.15) is 5.82 Å². The molecule has 0 radical (unpaired) electrons. The van der Waals surface area contributed by atoms with Gasteiger partial charge in [0.2, 0.25) is 0 Å². The van der Waals surface area contributed by atoms with Crippen molar-refractivity contribution in [2.24, 2.45) is 10.7 Å². The number of hydrogen-bond acceptors (Lipinski definition) is 1. The van der Waals surface area contributed by atoms with Crippen molar-refractivity contribution in [1.82, 2.24) is 9.88 Å². The van der Waals surface area contributed by atoms with Crippen LogP contribution in [-0.2, 0) is 6.42 Å². The van der Waals surface area contributed by atoms with Crippen LogP contribution in [-0.4, -0.2) is 35.5 Å². The molecular formula is C15H19FN4. The number of H-pyrrole nitrogens is 1. The lowest BCUT2D eigenvalue weighted by atomic mass is 10.1. The van der Waals surface area contributed by atoms with E-state index in [0.717, 1.165) is 22.9 Å². The molecular weight excluding hydrogens is 255 g/mol. The summed E-state index contributed by atoms with van der Waals surface area (Å²) in [4.78, 5) is 9.55. The zero-order chi connectivity index (χ0) is 14.1. The van der Waals surface area contributed by atoms with Gasteiger partial charge in [-0.15, -0.1) is 0 Å². The number of halogens is 1. The minimum Gasteiger partial charge on any atom is -0.370 e. The van der Waals surface area contributed by atoms with Crippen LogP contribution in [0.4, 0.5) is 4.39 Å². The number of fused-ring (bicyclic) bond motifs is 1. The summed E-state index contributed by atoms with van der Waals surface area (Å²) in [6, 6.07) is 5.38. The lowest BCUT2D eigenvalue weighted by molar-refractivity contribution is 0.487. The average molecular weight is 274 g/mol. The van der Waals surface area contributed by atoms with E-state index >= 15 is 0 Å². The first kappa shape index (κ1) is 13.0. The van der Waals surface area contributed by atoms with Crippen molar-refractivity contribution in [2.75, 3.05) is 13.6 Å². The minimum absolute atomic E-state index is 0.223. The van der Waals surface area contributed by atoms with E-state index in [0.29, 0.717) is 18.5 Å². The van der Waals surface area contributed by atoms with Gasteiger partial charge in [0.15, 0.2) is 5.96 Å². The first-order valence-electron chi connectivity index (χ1n) is 6.93. The number of rotatable bonds is 4. The molecule has 0 amide bonds. The lowest BCUT2D eigenvalue weighted by Gasteiger charge is -2.16. The van der Waals surface area contributed by atoms with Crippen molar-refractivity contribution in [3.8, 4) is 0 Å². The lowest BCUT2D eigenvalue weighted by Crippen LogP contribution is -2.35. The maximum atomic E-state index is 13.1. The Morgan fingerprint density at radius 3 is 3.05 bits per heavy atom. The van der Waals surface area contributed by atoms with Crippen LogP contribution in [0, 0.1) is 5.82 Å². The molecule has 20 heavy (non-hydrogen) atoms. The van der Waals surface area contributed by atoms with E-state index in [4.69, 9.17) is 5.73 Å². The number of nitrogens with two attached hydrogens (primary N) is 1. The Labute approximate surface area is 117 Å². The molecule has 1 heterocycles. The third-order valence-electron chi connectivity index (χ3n) is 3.84. The van der Waals surface area contributed by atoms with E-state index in [2.05, 4.69) is 9.98 Å². The third-order valence-corrected chi connectivity index (χ3v) is 3.84. The molecule has 1 fully saturated rings. The van der Waals surface area contributed by atoms with Crippen LogP contribution in [0.2, 0.25) is 0 Å². The molecule has 0 spiro atoms. The molecule has 4 nitrogen and oxygen atoms in total. The van der Waals surface area contributed by atoms with Gasteiger partial charge in [0, 0.05) is 36.7 Å². The van der Waals surface area contributed by atoms with Gasteiger partial charge in [0.05, 0.1) is 0 Å². The standard InChI is InChI=1S/C15H19FN4/c1-20(12-3-4-12)15(17)18-7-6-10-9-19-14-8-11(16)2-5-13(10)14/h2,5,8-9,12,19H,3-4,6-7H2,1H3,(H2,17,18). The van der Waals surface area contributed by atoms with Crippen LogP contribution in [0.15, 0.2) is 29.4 Å². The topological polar surface area (TPSA) is 57.4 Å². The number of nitrogens with one attached hydrogen (secondary N) is 1. The van der Waals surface area contributed by atoms with E-state index in [-0.39, 0.29) is 5.82 Å². The Kier molecular flexibility index (Phi) is 3.34. The SMILES string of the molecule is CN(C(N)=NCCc1c[nH]c2cc(F)ccc12)C1CC1. The average Bonchev–Trinajstić information content (AvgIpc) is 3.21. The first-order valence-corrected chi connectivity index (χ1v) is 6.93. The fourth-order valence-electron chi connectivity index (χ4n) is 2.42. The van der Waals surface area contributed by atoms with Crippen molar-refractivity contribution >= 4 is 16.9 Å². The van der Waals surface area contributed by atoms with Gasteiger partial charge in [-0.3, -0.25) is 4.99 Å². The number of aliphatic imine (C=N–C) groups is 1. The Bertz CT molecular complexity index is 642. The van der Waals surface area contributed by atoms with Crippen LogP contribution in [0.25, 0.3) is 10.9 Å². The van der Waals surface area contributed by atoms with Gasteiger partial charge in [0.25, 0.3) is 0 Å². The Hall–Kier alpha value is -2.04. The highest BCUT2D eigenvalue weighted by Gasteiger charge is 2.27. The predicted molar refractivity (Wildman–Crippen MR) is 79.2 cm³/mol. The zero-order valence-corrected chi connectivity index (χ0v) is 11.6. The molecule has 0 saturated heterocycles. The Morgan fingerprint density at radius 2 is 2.30 bits per heavy atom. The van der Waals surface area contributed by atoms with Gasteiger partial charge >= 0.3 is 0 Å². The van der Waals surface area contributed by atoms with E-state index in [9.17, 15) is 4.39 Å². The summed E-state index contributed by atoms with van der Waals surface area (Å²) in [7, 11) is 1.99. The van der Waals surface area contributed by atoms with Crippen molar-refractivity contribution in [1.29, 1.82) is 0 Å². The Balaban J connectivity index is 1.66. The molecule has 0 atom stereocenters. The molecule has 0 unspecified atom stereocenters. The summed E-state index contributed by atoms with van der Waals surface area (Å²) in [5.41, 5.74) is 7.92. The zero-order valence-electron chi connectivity index (χ0n) is 11.6. The Morgan fingerprint density at radius 1 is 1.50 bits per heavy atom. The number of aromatic nitrogens is 1. The van der Waals surface area contributed by atoms with E-state index < -0.39 is 0 Å². The largest absolute Gasteiger partial charge is 0.370 e. The quantitative estimate of drug-likeness (QED) is 0.663. The van der Waals surface area contributed by atoms with Crippen LogP contribution >= 0.6 is 0 Å². The van der Waals surface area contributed by atoms with Gasteiger partial charge in [-0.05, 0) is 43.0 Å². The summed E-state index contributed by atoms with van der Waals surface area (Å²) in [6.07, 6.45) is 5.13. The predicted octanol–water partition coefficient (Wildman–Crippen LogP) is 2.26. The van der Waals surface area contributed by atoms with Crippen LogP contribution < -0.4 is 5.73 Å². The molecule has 0 bridgehead atoms. The van der Waals surface area contributed by atoms with Gasteiger partial charge < -0.3 is 15.6 Å². The van der Waals surface area contributed by atoms with E-state index in [1.807, 2.05) is 18.1 Å². The molecule has 3 N–H and O–H groups in total. The molecule has 1 aromatic carbocycles. The highest BCUT2D eigenvalue weighted by atomic mass is 19.1. The summed E-state index contributed by atoms with van der Waals surface area (Å²) in [5.74, 6) is 0.387. The van der Waals surface area contributed by atoms with Crippen molar-refractivity contribution < 1.29 is 4.39 Å². The second-order valence-corrected chi connectivity index (χ2v) is 5.34. The fraction of sp³-hybridized carbons (Fsp3) is 0.400. The molecule has 0 aliphatic heterocycles. The molecule has 1 aliphatic carbocycles. The molecule has 1 saturated carbocycles. The van der Waals surface area contributed by atoms with E-state index in [1.54, 1.807) is 6.07 Å². The third kappa shape index (κ3) is 2.61. The second kappa shape index (κ2) is 5.15. The maximum absolute atomic E-state index is 13.1. The molecule has 5 heteroatoms. The first-order chi connectivity index (χ1) is 9.65. The number of aromatic amines is 1. The monoisotopic (exact) mass is 274 g/mol. The molecule has 3 rings (SSSR count). The van der Waals surface area contributed by atoms with Crippen LogP contribution in [0.3, 0.4) is 0 Å². The second-order valence-electron chi connectivity index (χ2n) is 5.34. The fourth-order valence-corrected chi connectivity index (χ4v) is 2.42. The summed E-state index contributed by atoms with van der Waals surface area (Å²) >= 11 is 0. The maximum Gasteiger partial charge on any atom is 0.191 e. The minimum atomic E-state index is -0.223. The number of benzene rings is 1. The van der Waals surface area contributed by atoms with Gasteiger partial charge in [-0.2, -0.15) is 0 Å². The normalized spacial score (nSPS) is 15.8. The molecule has 106 valence electrons. The summed E-state index contributed by atoms with van der Waals surface area (Å²) in [5, 5.41) is 1.05.